The Morgan fingerprint density at radius 2 is 2.00 bits per heavy atom. The molecule has 0 radical (unpaired) electrons. The Hall–Kier alpha value is -2.10. The molecule has 0 saturated heterocycles. The van der Waals surface area contributed by atoms with E-state index >= 15 is 0 Å². The molecule has 1 aliphatic carbocycles. The lowest BCUT2D eigenvalue weighted by atomic mass is 10.0. The van der Waals surface area contributed by atoms with Gasteiger partial charge >= 0.3 is 0 Å². The first kappa shape index (κ1) is 15.8. The largest absolute Gasteiger partial charge is 0.350 e. The van der Waals surface area contributed by atoms with Crippen LogP contribution in [0.4, 0.5) is 0 Å². The Morgan fingerprint density at radius 1 is 1.30 bits per heavy atom. The molecule has 1 heterocycles. The maximum atomic E-state index is 12.4. The first-order chi connectivity index (χ1) is 11.0. The van der Waals surface area contributed by atoms with E-state index in [0.29, 0.717) is 6.42 Å². The lowest BCUT2D eigenvalue weighted by molar-refractivity contribution is -0.122. The Labute approximate surface area is 137 Å². The molecule has 0 aliphatic heterocycles. The van der Waals surface area contributed by atoms with Crippen molar-refractivity contribution in [2.45, 2.75) is 58.0 Å². The Bertz CT molecular complexity index is 683. The summed E-state index contributed by atoms with van der Waals surface area (Å²) < 4.78 is 2.05. The van der Waals surface area contributed by atoms with Gasteiger partial charge in [0.15, 0.2) is 0 Å². The summed E-state index contributed by atoms with van der Waals surface area (Å²) >= 11 is 0. The van der Waals surface area contributed by atoms with Crippen molar-refractivity contribution in [3.8, 4) is 0 Å². The molecule has 23 heavy (non-hydrogen) atoms. The molecule has 1 fully saturated rings. The van der Waals surface area contributed by atoms with Crippen LogP contribution in [0.5, 0.6) is 0 Å². The van der Waals surface area contributed by atoms with Crippen LogP contribution < -0.4 is 5.32 Å². The van der Waals surface area contributed by atoms with Gasteiger partial charge in [-0.1, -0.05) is 29.8 Å². The summed E-state index contributed by atoms with van der Waals surface area (Å²) in [5.74, 6) is 1.08. The monoisotopic (exact) mass is 311 g/mol. The third-order valence-corrected chi connectivity index (χ3v) is 4.74. The Balaban J connectivity index is 1.57. The molecule has 1 N–H and O–H groups in total. The van der Waals surface area contributed by atoms with Gasteiger partial charge in [0, 0.05) is 30.4 Å². The number of aryl methyl sites for hydroxylation is 2. The number of aromatic nitrogens is 2. The molecule has 0 unspecified atom stereocenters. The van der Waals surface area contributed by atoms with Gasteiger partial charge in [-0.2, -0.15) is 0 Å². The number of hydrogen-bond donors (Lipinski definition) is 1. The van der Waals surface area contributed by atoms with Gasteiger partial charge in [-0.3, -0.25) is 4.79 Å². The van der Waals surface area contributed by atoms with E-state index in [9.17, 15) is 4.79 Å². The Kier molecular flexibility index (Phi) is 4.24. The number of amides is 1. The van der Waals surface area contributed by atoms with Crippen molar-refractivity contribution in [3.63, 3.8) is 0 Å². The summed E-state index contributed by atoms with van der Waals surface area (Å²) in [4.78, 5) is 16.6. The van der Waals surface area contributed by atoms with Crippen molar-refractivity contribution in [2.75, 3.05) is 0 Å². The van der Waals surface area contributed by atoms with Gasteiger partial charge in [-0.25, -0.2) is 4.98 Å². The topological polar surface area (TPSA) is 46.9 Å². The van der Waals surface area contributed by atoms with Crippen molar-refractivity contribution in [3.05, 3.63) is 53.6 Å². The van der Waals surface area contributed by atoms with Crippen LogP contribution in [0.1, 0.15) is 49.2 Å². The zero-order chi connectivity index (χ0) is 16.4. The van der Waals surface area contributed by atoms with Gasteiger partial charge in [0.1, 0.15) is 5.82 Å². The summed E-state index contributed by atoms with van der Waals surface area (Å²) in [5, 5.41) is 3.27. The molecule has 4 nitrogen and oxygen atoms in total. The second-order valence-corrected chi connectivity index (χ2v) is 6.93. The van der Waals surface area contributed by atoms with Crippen molar-refractivity contribution in [1.82, 2.24) is 14.9 Å². The lowest BCUT2D eigenvalue weighted by Gasteiger charge is -2.20. The third kappa shape index (κ3) is 3.81. The second-order valence-electron chi connectivity index (χ2n) is 6.93. The minimum absolute atomic E-state index is 0.0178. The fourth-order valence-electron chi connectivity index (χ4n) is 3.16. The van der Waals surface area contributed by atoms with E-state index in [2.05, 4.69) is 53.0 Å². The summed E-state index contributed by atoms with van der Waals surface area (Å²) in [7, 11) is 0. The highest BCUT2D eigenvalue weighted by Gasteiger charge is 2.43. The highest BCUT2D eigenvalue weighted by molar-refractivity contribution is 5.77. The van der Waals surface area contributed by atoms with Gasteiger partial charge in [0.2, 0.25) is 5.91 Å². The summed E-state index contributed by atoms with van der Waals surface area (Å²) in [5.41, 5.74) is 2.55. The molecule has 1 aromatic carbocycles. The minimum atomic E-state index is -0.0178. The van der Waals surface area contributed by atoms with Crippen LogP contribution in [-0.2, 0) is 11.2 Å². The van der Waals surface area contributed by atoms with Crippen LogP contribution in [0, 0.1) is 13.8 Å². The maximum absolute atomic E-state index is 12.4. The molecule has 2 aromatic rings. The van der Waals surface area contributed by atoms with Gasteiger partial charge < -0.3 is 9.88 Å². The Morgan fingerprint density at radius 3 is 2.57 bits per heavy atom. The van der Waals surface area contributed by atoms with E-state index in [0.717, 1.165) is 25.1 Å². The van der Waals surface area contributed by atoms with Crippen LogP contribution in [0.3, 0.4) is 0 Å². The number of carbonyl (C=O) groups excluding carboxylic acids is 1. The summed E-state index contributed by atoms with van der Waals surface area (Å²) in [6.45, 7) is 6.12. The molecule has 1 saturated carbocycles. The van der Waals surface area contributed by atoms with Gasteiger partial charge in [-0.15, -0.1) is 0 Å². The number of nitrogens with one attached hydrogen (secondary N) is 1. The van der Waals surface area contributed by atoms with Gasteiger partial charge in [0.25, 0.3) is 0 Å². The van der Waals surface area contributed by atoms with E-state index in [1.54, 1.807) is 6.20 Å². The van der Waals surface area contributed by atoms with Crippen molar-refractivity contribution < 1.29 is 4.79 Å². The van der Waals surface area contributed by atoms with Gasteiger partial charge in [-0.05, 0) is 45.6 Å². The van der Waals surface area contributed by atoms with Crippen LogP contribution in [0.2, 0.25) is 0 Å². The summed E-state index contributed by atoms with van der Waals surface area (Å²) in [6, 6.07) is 8.74. The second kappa shape index (κ2) is 6.19. The molecule has 0 bridgehead atoms. The van der Waals surface area contributed by atoms with E-state index in [-0.39, 0.29) is 17.5 Å². The predicted molar refractivity (Wildman–Crippen MR) is 91.3 cm³/mol. The maximum Gasteiger partial charge on any atom is 0.222 e. The molecule has 4 heteroatoms. The number of nitrogens with zero attached hydrogens (tertiary/aromatic N) is 2. The molecule has 1 aliphatic rings. The fourth-order valence-corrected chi connectivity index (χ4v) is 3.16. The number of carbonyl (C=O) groups is 1. The minimum Gasteiger partial charge on any atom is -0.350 e. The highest BCUT2D eigenvalue weighted by atomic mass is 16.1. The number of imidazole rings is 1. The van der Waals surface area contributed by atoms with Gasteiger partial charge in [0.05, 0.1) is 0 Å². The molecular weight excluding hydrogens is 286 g/mol. The smallest absolute Gasteiger partial charge is 0.222 e. The highest BCUT2D eigenvalue weighted by Crippen LogP contribution is 2.39. The lowest BCUT2D eigenvalue weighted by Crippen LogP contribution is -2.39. The molecule has 1 amide bonds. The first-order valence-electron chi connectivity index (χ1n) is 8.33. The van der Waals surface area contributed by atoms with Crippen LogP contribution in [-0.4, -0.2) is 21.0 Å². The quantitative estimate of drug-likeness (QED) is 0.889. The fraction of sp³-hybridized carbons (Fsp3) is 0.474. The van der Waals surface area contributed by atoms with Crippen LogP contribution >= 0.6 is 0 Å². The summed E-state index contributed by atoms with van der Waals surface area (Å²) in [6.07, 6.45) is 7.29. The van der Waals surface area contributed by atoms with Crippen LogP contribution in [0.25, 0.3) is 0 Å². The number of hydrogen-bond acceptors (Lipinski definition) is 2. The standard InChI is InChI=1S/C19H25N3O/c1-14-4-6-17(7-5-14)13-19(8-9-19)21-18(23)12-15(2)22-11-10-20-16(22)3/h4-7,10-11,15H,8-9,12-13H2,1-3H3,(H,21,23)/t15-/m0/s1. The average molecular weight is 311 g/mol. The average Bonchev–Trinajstić information content (AvgIpc) is 3.09. The number of rotatable bonds is 6. The SMILES string of the molecule is Cc1ccc(CC2(NC(=O)C[C@H](C)n3ccnc3C)CC2)cc1. The molecular formula is C19H25N3O. The molecule has 1 aromatic heterocycles. The van der Waals surface area contributed by atoms with E-state index in [1.165, 1.54) is 11.1 Å². The van der Waals surface area contributed by atoms with Crippen molar-refractivity contribution in [2.24, 2.45) is 0 Å². The first-order valence-corrected chi connectivity index (χ1v) is 8.33. The predicted octanol–water partition coefficient (Wildman–Crippen LogP) is 3.34. The van der Waals surface area contributed by atoms with Crippen LogP contribution in [0.15, 0.2) is 36.7 Å². The third-order valence-electron chi connectivity index (χ3n) is 4.74. The zero-order valence-corrected chi connectivity index (χ0v) is 14.2. The molecule has 3 rings (SSSR count). The normalized spacial score (nSPS) is 16.8. The zero-order valence-electron chi connectivity index (χ0n) is 14.2. The van der Waals surface area contributed by atoms with E-state index in [1.807, 2.05) is 13.1 Å². The van der Waals surface area contributed by atoms with Crippen molar-refractivity contribution >= 4 is 5.91 Å². The molecule has 122 valence electrons. The van der Waals surface area contributed by atoms with E-state index in [4.69, 9.17) is 0 Å². The molecule has 1 atom stereocenters. The number of benzene rings is 1. The van der Waals surface area contributed by atoms with Crippen molar-refractivity contribution in [1.29, 1.82) is 0 Å². The molecule has 0 spiro atoms. The van der Waals surface area contributed by atoms with E-state index < -0.39 is 0 Å².